The summed E-state index contributed by atoms with van der Waals surface area (Å²) in [5.74, 6) is 2.96. The molecular formula is C20H30O. The minimum atomic E-state index is 0.460. The molecule has 0 radical (unpaired) electrons. The van der Waals surface area contributed by atoms with Crippen LogP contribution in [0.5, 0.6) is 0 Å². The molecule has 0 unspecified atom stereocenters. The standard InChI is InChI=1S/C20H30O/c1-19(2)10-9-16-15-5-4-13-12-14(21)8-11-20(13,3)18(15)7-6-17(16)19/h13,15,18H,4-12H2,1-3H3/t13-,15+,18+,20+/m0/s1. The molecule has 2 saturated carbocycles. The van der Waals surface area contributed by atoms with Gasteiger partial charge in [0, 0.05) is 12.8 Å². The van der Waals surface area contributed by atoms with Gasteiger partial charge in [-0.05, 0) is 73.5 Å². The van der Waals surface area contributed by atoms with Crippen LogP contribution in [0.25, 0.3) is 0 Å². The van der Waals surface area contributed by atoms with Crippen molar-refractivity contribution in [2.75, 3.05) is 0 Å². The lowest BCUT2D eigenvalue weighted by molar-refractivity contribution is -0.129. The van der Waals surface area contributed by atoms with Crippen LogP contribution < -0.4 is 0 Å². The Bertz CT molecular complexity index is 512. The fraction of sp³-hybridized carbons (Fsp3) is 0.850. The molecule has 1 heteroatoms. The normalized spacial score (nSPS) is 45.1. The van der Waals surface area contributed by atoms with Crippen LogP contribution in [0.4, 0.5) is 0 Å². The molecule has 4 rings (SSSR count). The van der Waals surface area contributed by atoms with Gasteiger partial charge >= 0.3 is 0 Å². The van der Waals surface area contributed by atoms with Gasteiger partial charge in [0.2, 0.25) is 0 Å². The zero-order valence-electron chi connectivity index (χ0n) is 14.0. The summed E-state index contributed by atoms with van der Waals surface area (Å²) in [6.45, 7) is 7.46. The van der Waals surface area contributed by atoms with Crippen molar-refractivity contribution in [2.24, 2.45) is 28.6 Å². The summed E-state index contributed by atoms with van der Waals surface area (Å²) in [6.07, 6.45) is 11.1. The van der Waals surface area contributed by atoms with Gasteiger partial charge in [0.1, 0.15) is 5.78 Å². The maximum Gasteiger partial charge on any atom is 0.133 e. The molecule has 0 saturated heterocycles. The number of hydrogen-bond donors (Lipinski definition) is 0. The third-order valence-electron chi connectivity index (χ3n) is 7.88. The molecule has 21 heavy (non-hydrogen) atoms. The van der Waals surface area contributed by atoms with E-state index in [0.29, 0.717) is 22.5 Å². The van der Waals surface area contributed by atoms with E-state index in [4.69, 9.17) is 0 Å². The third kappa shape index (κ3) is 1.92. The number of carbonyl (C=O) groups excluding carboxylic acids is 1. The maximum atomic E-state index is 11.9. The second-order valence-electron chi connectivity index (χ2n) is 9.16. The van der Waals surface area contributed by atoms with Gasteiger partial charge in [-0.25, -0.2) is 0 Å². The number of carbonyl (C=O) groups is 1. The first kappa shape index (κ1) is 14.0. The fourth-order valence-corrected chi connectivity index (χ4v) is 6.52. The van der Waals surface area contributed by atoms with Crippen molar-refractivity contribution in [3.05, 3.63) is 11.1 Å². The van der Waals surface area contributed by atoms with Crippen LogP contribution in [-0.4, -0.2) is 5.78 Å². The summed E-state index contributed by atoms with van der Waals surface area (Å²) in [5.41, 5.74) is 4.63. The molecule has 1 nitrogen and oxygen atoms in total. The van der Waals surface area contributed by atoms with E-state index in [0.717, 1.165) is 24.7 Å². The van der Waals surface area contributed by atoms with Crippen molar-refractivity contribution < 1.29 is 4.79 Å². The molecule has 2 fully saturated rings. The molecule has 4 atom stereocenters. The van der Waals surface area contributed by atoms with Crippen molar-refractivity contribution in [1.29, 1.82) is 0 Å². The molecule has 0 aromatic carbocycles. The van der Waals surface area contributed by atoms with Crippen molar-refractivity contribution >= 4 is 5.78 Å². The number of Topliss-reactive ketones (excluding diaryl/α,β-unsaturated/α-hetero) is 1. The van der Waals surface area contributed by atoms with Crippen LogP contribution in [0, 0.1) is 28.6 Å². The Kier molecular flexibility index (Phi) is 2.98. The number of allylic oxidation sites excluding steroid dienone is 2. The van der Waals surface area contributed by atoms with E-state index < -0.39 is 0 Å². The smallest absolute Gasteiger partial charge is 0.133 e. The molecule has 116 valence electrons. The third-order valence-corrected chi connectivity index (χ3v) is 7.88. The summed E-state index contributed by atoms with van der Waals surface area (Å²) in [7, 11) is 0. The van der Waals surface area contributed by atoms with Crippen molar-refractivity contribution in [1.82, 2.24) is 0 Å². The Balaban J connectivity index is 1.68. The minimum Gasteiger partial charge on any atom is -0.300 e. The van der Waals surface area contributed by atoms with E-state index in [1.165, 1.54) is 44.9 Å². The Morgan fingerprint density at radius 3 is 2.57 bits per heavy atom. The van der Waals surface area contributed by atoms with Crippen LogP contribution in [0.3, 0.4) is 0 Å². The van der Waals surface area contributed by atoms with Gasteiger partial charge < -0.3 is 0 Å². The highest BCUT2D eigenvalue weighted by Gasteiger charge is 2.53. The highest BCUT2D eigenvalue weighted by Crippen LogP contribution is 2.63. The lowest BCUT2D eigenvalue weighted by Gasteiger charge is -2.55. The summed E-state index contributed by atoms with van der Waals surface area (Å²) in [6, 6.07) is 0. The van der Waals surface area contributed by atoms with E-state index in [9.17, 15) is 4.79 Å². The molecule has 4 aliphatic carbocycles. The SMILES string of the molecule is CC1(C)CCC2=C1CC[C@@H]1[C@@H]2CC[C@H]2CC(=O)CC[C@]21C. The Hall–Kier alpha value is -0.590. The van der Waals surface area contributed by atoms with E-state index in [1.54, 1.807) is 0 Å². The van der Waals surface area contributed by atoms with Crippen LogP contribution in [0.1, 0.15) is 78.6 Å². The van der Waals surface area contributed by atoms with Crippen LogP contribution in [0.2, 0.25) is 0 Å². The van der Waals surface area contributed by atoms with Gasteiger partial charge in [0.05, 0.1) is 0 Å². The topological polar surface area (TPSA) is 17.1 Å². The molecule has 0 amide bonds. The first-order chi connectivity index (χ1) is 9.92. The molecule has 0 heterocycles. The molecule has 0 aliphatic heterocycles. The van der Waals surface area contributed by atoms with Crippen LogP contribution >= 0.6 is 0 Å². The second-order valence-corrected chi connectivity index (χ2v) is 9.16. The van der Waals surface area contributed by atoms with E-state index in [1.807, 2.05) is 11.1 Å². The highest BCUT2D eigenvalue weighted by atomic mass is 16.1. The van der Waals surface area contributed by atoms with Crippen molar-refractivity contribution in [2.45, 2.75) is 78.6 Å². The first-order valence-electron chi connectivity index (χ1n) is 9.16. The van der Waals surface area contributed by atoms with Gasteiger partial charge in [0.25, 0.3) is 0 Å². The quantitative estimate of drug-likeness (QED) is 0.552. The largest absolute Gasteiger partial charge is 0.300 e. The number of hydrogen-bond acceptors (Lipinski definition) is 1. The van der Waals surface area contributed by atoms with E-state index >= 15 is 0 Å². The van der Waals surface area contributed by atoms with Crippen LogP contribution in [0.15, 0.2) is 11.1 Å². The van der Waals surface area contributed by atoms with Crippen molar-refractivity contribution in [3.63, 3.8) is 0 Å². The van der Waals surface area contributed by atoms with Crippen molar-refractivity contribution in [3.8, 4) is 0 Å². The molecule has 0 N–H and O–H groups in total. The number of ketones is 1. The zero-order chi connectivity index (χ0) is 14.8. The van der Waals surface area contributed by atoms with Crippen LogP contribution in [-0.2, 0) is 4.79 Å². The Morgan fingerprint density at radius 2 is 1.76 bits per heavy atom. The number of fused-ring (bicyclic) bond motifs is 4. The van der Waals surface area contributed by atoms with Gasteiger partial charge in [-0.15, -0.1) is 0 Å². The molecule has 0 aromatic heterocycles. The summed E-state index contributed by atoms with van der Waals surface area (Å²) < 4.78 is 0. The molecule has 0 bridgehead atoms. The second kappa shape index (κ2) is 4.46. The van der Waals surface area contributed by atoms with Gasteiger partial charge in [-0.2, -0.15) is 0 Å². The highest BCUT2D eigenvalue weighted by molar-refractivity contribution is 5.79. The molecule has 4 aliphatic rings. The first-order valence-corrected chi connectivity index (χ1v) is 9.16. The lowest BCUT2D eigenvalue weighted by Crippen LogP contribution is -2.48. The molecule has 0 aromatic rings. The van der Waals surface area contributed by atoms with E-state index in [-0.39, 0.29) is 0 Å². The predicted octanol–water partition coefficient (Wildman–Crippen LogP) is 5.30. The Morgan fingerprint density at radius 1 is 0.952 bits per heavy atom. The summed E-state index contributed by atoms with van der Waals surface area (Å²) in [5, 5.41) is 0. The average molecular weight is 286 g/mol. The van der Waals surface area contributed by atoms with Gasteiger partial charge in [0.15, 0.2) is 0 Å². The van der Waals surface area contributed by atoms with E-state index in [2.05, 4.69) is 20.8 Å². The predicted molar refractivity (Wildman–Crippen MR) is 85.9 cm³/mol. The molecule has 0 spiro atoms. The average Bonchev–Trinajstić information content (AvgIpc) is 2.76. The minimum absolute atomic E-state index is 0.460. The monoisotopic (exact) mass is 286 g/mol. The fourth-order valence-electron chi connectivity index (χ4n) is 6.52. The maximum absolute atomic E-state index is 11.9. The van der Waals surface area contributed by atoms with Gasteiger partial charge in [-0.1, -0.05) is 31.9 Å². The summed E-state index contributed by atoms with van der Waals surface area (Å²) in [4.78, 5) is 11.9. The lowest BCUT2D eigenvalue weighted by atomic mass is 9.49. The summed E-state index contributed by atoms with van der Waals surface area (Å²) >= 11 is 0. The van der Waals surface area contributed by atoms with Gasteiger partial charge in [-0.3, -0.25) is 4.79 Å². The molecular weight excluding hydrogens is 256 g/mol. The number of rotatable bonds is 0. The Labute approximate surface area is 129 Å². The zero-order valence-corrected chi connectivity index (χ0v) is 14.0.